The molecule has 1 atom stereocenters. The number of hydrogen-bond acceptors (Lipinski definition) is 4. The highest BCUT2D eigenvalue weighted by atomic mass is 32.2. The van der Waals surface area contributed by atoms with E-state index in [-0.39, 0.29) is 22.8 Å². The topological polar surface area (TPSA) is 78.8 Å². The average molecular weight is 422 g/mol. The van der Waals surface area contributed by atoms with Gasteiger partial charge in [-0.25, -0.2) is 4.39 Å². The van der Waals surface area contributed by atoms with E-state index in [9.17, 15) is 17.6 Å². The maximum atomic E-state index is 13.2. The fraction of sp³-hybridized carbons (Fsp3) is 0.524. The molecule has 1 amide bonds. The van der Waals surface area contributed by atoms with E-state index < -0.39 is 15.8 Å². The van der Waals surface area contributed by atoms with Gasteiger partial charge in [-0.05, 0) is 43.9 Å². The molecule has 2 aliphatic heterocycles. The van der Waals surface area contributed by atoms with E-state index in [1.54, 1.807) is 6.92 Å². The maximum Gasteiger partial charge on any atom is 0.285 e. The van der Waals surface area contributed by atoms with E-state index in [1.165, 1.54) is 24.3 Å². The van der Waals surface area contributed by atoms with Gasteiger partial charge in [0, 0.05) is 30.6 Å². The Morgan fingerprint density at radius 3 is 2.48 bits per heavy atom. The Bertz CT molecular complexity index is 930. The van der Waals surface area contributed by atoms with Crippen molar-refractivity contribution >= 4 is 26.7 Å². The van der Waals surface area contributed by atoms with Crippen LogP contribution in [0.25, 0.3) is 4.91 Å². The van der Waals surface area contributed by atoms with E-state index in [2.05, 4.69) is 16.6 Å². The summed E-state index contributed by atoms with van der Waals surface area (Å²) >= 11 is 0. The maximum absolute atomic E-state index is 13.2. The van der Waals surface area contributed by atoms with Crippen LogP contribution in [-0.2, 0) is 14.8 Å². The number of benzene rings is 1. The molecule has 29 heavy (non-hydrogen) atoms. The van der Waals surface area contributed by atoms with Gasteiger partial charge in [0.2, 0.25) is 5.91 Å². The van der Waals surface area contributed by atoms with Gasteiger partial charge in [0.1, 0.15) is 16.6 Å². The minimum atomic E-state index is -3.82. The number of carbonyl (C=O) groups excluding carboxylic acids is 1. The Morgan fingerprint density at radius 2 is 1.90 bits per heavy atom. The van der Waals surface area contributed by atoms with E-state index in [4.69, 9.17) is 0 Å². The number of rotatable bonds is 5. The van der Waals surface area contributed by atoms with Crippen molar-refractivity contribution in [2.45, 2.75) is 52.5 Å². The molecule has 6 nitrogen and oxygen atoms in total. The van der Waals surface area contributed by atoms with Crippen LogP contribution in [0.3, 0.4) is 0 Å². The zero-order valence-electron chi connectivity index (χ0n) is 17.1. The number of carbonyl (C=O) groups is 1. The zero-order chi connectivity index (χ0) is 21.2. The number of amidine groups is 1. The van der Waals surface area contributed by atoms with Crippen LogP contribution in [0.1, 0.15) is 52.0 Å². The highest BCUT2D eigenvalue weighted by molar-refractivity contribution is 8.00. The van der Waals surface area contributed by atoms with Gasteiger partial charge in [-0.3, -0.25) is 4.79 Å². The highest BCUT2D eigenvalue weighted by Crippen LogP contribution is 2.34. The minimum absolute atomic E-state index is 0.00539. The molecule has 0 bridgehead atoms. The number of hydrogen-bond donors (Lipinski definition) is 1. The quantitative estimate of drug-likeness (QED) is 0.791. The number of nitrogens with one attached hydrogen (secondary N) is 1. The lowest BCUT2D eigenvalue weighted by Gasteiger charge is -2.34. The summed E-state index contributed by atoms with van der Waals surface area (Å²) in [4.78, 5) is 14.3. The number of sulfonamides is 1. The van der Waals surface area contributed by atoms with Crippen molar-refractivity contribution in [2.75, 3.05) is 13.1 Å². The summed E-state index contributed by atoms with van der Waals surface area (Å²) in [6, 6.07) is 5.51. The molecule has 0 spiro atoms. The lowest BCUT2D eigenvalue weighted by molar-refractivity contribution is -0.125. The normalized spacial score (nSPS) is 20.6. The molecule has 158 valence electrons. The second kappa shape index (κ2) is 8.65. The molecular weight excluding hydrogens is 393 g/mol. The zero-order valence-corrected chi connectivity index (χ0v) is 17.9. The number of amides is 1. The van der Waals surface area contributed by atoms with E-state index in [0.29, 0.717) is 30.1 Å². The molecule has 2 heterocycles. The first-order valence-corrected chi connectivity index (χ1v) is 11.5. The van der Waals surface area contributed by atoms with E-state index in [0.717, 1.165) is 25.7 Å². The number of halogens is 1. The lowest BCUT2D eigenvalue weighted by Crippen LogP contribution is -2.47. The van der Waals surface area contributed by atoms with E-state index >= 15 is 0 Å². The van der Waals surface area contributed by atoms with Gasteiger partial charge < -0.3 is 10.2 Å². The first kappa shape index (κ1) is 21.5. The van der Waals surface area contributed by atoms with Crippen molar-refractivity contribution in [3.63, 3.8) is 0 Å². The molecule has 1 fully saturated rings. The molecule has 1 aromatic carbocycles. The third kappa shape index (κ3) is 4.69. The Morgan fingerprint density at radius 1 is 1.28 bits per heavy atom. The van der Waals surface area contributed by atoms with E-state index in [1.807, 2.05) is 11.8 Å². The molecule has 3 rings (SSSR count). The molecule has 0 aromatic heterocycles. The average Bonchev–Trinajstić information content (AvgIpc) is 2.92. The summed E-state index contributed by atoms with van der Waals surface area (Å²) in [7, 11) is -3.82. The van der Waals surface area contributed by atoms with Gasteiger partial charge in [-0.15, -0.1) is 4.40 Å². The van der Waals surface area contributed by atoms with Crippen LogP contribution in [0.2, 0.25) is 0 Å². The largest absolute Gasteiger partial charge is 0.356 e. The van der Waals surface area contributed by atoms with Crippen LogP contribution in [-0.4, -0.2) is 44.2 Å². The van der Waals surface area contributed by atoms with Gasteiger partial charge in [-0.1, -0.05) is 32.4 Å². The fourth-order valence-corrected chi connectivity index (χ4v) is 5.41. The second-order valence-electron chi connectivity index (χ2n) is 7.81. The standard InChI is InChI=1S/C21H28FN3O3S/c1-4-5-14(2)21(26)23-18-10-12-25(13-11-18)20-15(3)19(29(27,28)24-20)16-6-8-17(22)9-7-16/h6-9,14,18H,4-5,10-13H2,1-3H3,(H,23,26)/t14-/m1/s1. The monoisotopic (exact) mass is 421 g/mol. The third-order valence-corrected chi connectivity index (χ3v) is 7.03. The van der Waals surface area contributed by atoms with Crippen molar-refractivity contribution in [3.8, 4) is 0 Å². The first-order chi connectivity index (χ1) is 13.7. The molecule has 1 saturated heterocycles. The van der Waals surface area contributed by atoms with Crippen LogP contribution in [0.15, 0.2) is 34.2 Å². The van der Waals surface area contributed by atoms with Crippen molar-refractivity contribution in [1.82, 2.24) is 10.2 Å². The van der Waals surface area contributed by atoms with Crippen molar-refractivity contribution in [3.05, 3.63) is 41.2 Å². The van der Waals surface area contributed by atoms with Crippen LogP contribution in [0.4, 0.5) is 4.39 Å². The van der Waals surface area contributed by atoms with Gasteiger partial charge in [0.15, 0.2) is 0 Å². The molecule has 0 unspecified atom stereocenters. The summed E-state index contributed by atoms with van der Waals surface area (Å²) in [5.74, 6) is 0.126. The minimum Gasteiger partial charge on any atom is -0.356 e. The van der Waals surface area contributed by atoms with Crippen LogP contribution < -0.4 is 5.32 Å². The van der Waals surface area contributed by atoms with Crippen LogP contribution in [0.5, 0.6) is 0 Å². The molecule has 8 heteroatoms. The molecule has 0 saturated carbocycles. The first-order valence-electron chi connectivity index (χ1n) is 10.1. The van der Waals surface area contributed by atoms with Crippen molar-refractivity contribution < 1.29 is 17.6 Å². The van der Waals surface area contributed by atoms with Gasteiger partial charge in [0.05, 0.1) is 0 Å². The summed E-state index contributed by atoms with van der Waals surface area (Å²) in [5.41, 5.74) is 1.02. The summed E-state index contributed by atoms with van der Waals surface area (Å²) in [6.07, 6.45) is 3.32. The summed E-state index contributed by atoms with van der Waals surface area (Å²) < 4.78 is 42.5. The Hall–Kier alpha value is -2.22. The van der Waals surface area contributed by atoms with Gasteiger partial charge in [0.25, 0.3) is 10.0 Å². The smallest absolute Gasteiger partial charge is 0.285 e. The SMILES string of the molecule is CCC[C@@H](C)C(=O)NC1CCN(C2=NS(=O)(=O)C(c3ccc(F)cc3)=C2C)CC1. The Kier molecular flexibility index (Phi) is 6.41. The Balaban J connectivity index is 1.69. The molecule has 1 N–H and O–H groups in total. The lowest BCUT2D eigenvalue weighted by atomic mass is 10.0. The van der Waals surface area contributed by atoms with Gasteiger partial charge >= 0.3 is 0 Å². The summed E-state index contributed by atoms with van der Waals surface area (Å²) in [6.45, 7) is 6.99. The molecular formula is C21H28FN3O3S. The molecule has 0 radical (unpaired) electrons. The molecule has 1 aromatic rings. The fourth-order valence-electron chi connectivity index (χ4n) is 3.93. The predicted molar refractivity (Wildman–Crippen MR) is 112 cm³/mol. The number of nitrogens with zero attached hydrogens (tertiary/aromatic N) is 2. The predicted octanol–water partition coefficient (Wildman–Crippen LogP) is 3.32. The third-order valence-electron chi connectivity index (χ3n) is 5.56. The summed E-state index contributed by atoms with van der Waals surface area (Å²) in [5, 5.41) is 3.11. The Labute approximate surface area is 171 Å². The second-order valence-corrected chi connectivity index (χ2v) is 9.35. The van der Waals surface area contributed by atoms with Gasteiger partial charge in [-0.2, -0.15) is 8.42 Å². The van der Waals surface area contributed by atoms with Crippen molar-refractivity contribution in [2.24, 2.45) is 10.3 Å². The molecule has 2 aliphatic rings. The molecule has 0 aliphatic carbocycles. The van der Waals surface area contributed by atoms with Crippen molar-refractivity contribution in [1.29, 1.82) is 0 Å². The number of likely N-dealkylation sites (tertiary alicyclic amines) is 1. The van der Waals surface area contributed by atoms with Crippen LogP contribution in [0, 0.1) is 11.7 Å². The number of piperidine rings is 1. The van der Waals surface area contributed by atoms with Crippen LogP contribution >= 0.6 is 0 Å². The highest BCUT2D eigenvalue weighted by Gasteiger charge is 2.35.